The number of urea groups is 1. The monoisotopic (exact) mass is 274 g/mol. The minimum Gasteiger partial charge on any atom is -0.399 e. The van der Waals surface area contributed by atoms with Crippen molar-refractivity contribution in [1.29, 1.82) is 0 Å². The van der Waals surface area contributed by atoms with Gasteiger partial charge in [0.15, 0.2) is 0 Å². The standard InChI is InChI=1S/C15H22N4O/c1-10(2)18-8-14-7-13(18)9-19(14)15(20)17-12-5-3-11(16)4-6-12/h3-6,10,13-14H,7-9,16H2,1-2H3,(H,17,20)/t13-,14-/m1/s1. The Balaban J connectivity index is 1.62. The van der Waals surface area contributed by atoms with E-state index in [1.165, 1.54) is 0 Å². The lowest BCUT2D eigenvalue weighted by Crippen LogP contribution is -2.51. The van der Waals surface area contributed by atoms with Gasteiger partial charge < -0.3 is 16.0 Å². The molecule has 2 bridgehead atoms. The van der Waals surface area contributed by atoms with Crippen LogP contribution < -0.4 is 11.1 Å². The second kappa shape index (κ2) is 4.98. The van der Waals surface area contributed by atoms with Gasteiger partial charge in [-0.15, -0.1) is 0 Å². The summed E-state index contributed by atoms with van der Waals surface area (Å²) >= 11 is 0. The van der Waals surface area contributed by atoms with Crippen LogP contribution in [0.2, 0.25) is 0 Å². The van der Waals surface area contributed by atoms with Gasteiger partial charge in [0.05, 0.1) is 0 Å². The van der Waals surface area contributed by atoms with Crippen LogP contribution in [0.25, 0.3) is 0 Å². The Kier molecular flexibility index (Phi) is 3.30. The van der Waals surface area contributed by atoms with Crippen molar-refractivity contribution in [3.05, 3.63) is 24.3 Å². The number of likely N-dealkylation sites (tertiary alicyclic amines) is 2. The first-order chi connectivity index (χ1) is 9.54. The maximum atomic E-state index is 12.3. The molecule has 0 spiro atoms. The van der Waals surface area contributed by atoms with Crippen LogP contribution in [-0.4, -0.2) is 47.0 Å². The highest BCUT2D eigenvalue weighted by molar-refractivity contribution is 5.90. The Labute approximate surface area is 119 Å². The lowest BCUT2D eigenvalue weighted by atomic mass is 10.2. The number of nitrogens with one attached hydrogen (secondary N) is 1. The Morgan fingerprint density at radius 2 is 1.95 bits per heavy atom. The second-order valence-electron chi connectivity index (χ2n) is 6.04. The van der Waals surface area contributed by atoms with Crippen LogP contribution in [0.15, 0.2) is 24.3 Å². The van der Waals surface area contributed by atoms with Gasteiger partial charge >= 0.3 is 6.03 Å². The smallest absolute Gasteiger partial charge is 0.322 e. The fourth-order valence-corrected chi connectivity index (χ4v) is 3.34. The molecule has 0 aliphatic carbocycles. The van der Waals surface area contributed by atoms with Crippen LogP contribution in [0.4, 0.5) is 16.2 Å². The summed E-state index contributed by atoms with van der Waals surface area (Å²) in [4.78, 5) is 16.8. The van der Waals surface area contributed by atoms with Crippen molar-refractivity contribution >= 4 is 17.4 Å². The van der Waals surface area contributed by atoms with E-state index in [1.807, 2.05) is 17.0 Å². The van der Waals surface area contributed by atoms with Crippen molar-refractivity contribution in [3.63, 3.8) is 0 Å². The van der Waals surface area contributed by atoms with E-state index in [0.717, 1.165) is 25.2 Å². The Hall–Kier alpha value is -1.75. The fourth-order valence-electron chi connectivity index (χ4n) is 3.34. The first kappa shape index (κ1) is 13.2. The predicted molar refractivity (Wildman–Crippen MR) is 80.6 cm³/mol. The average Bonchev–Trinajstić information content (AvgIpc) is 3.01. The van der Waals surface area contributed by atoms with Gasteiger partial charge in [0.1, 0.15) is 0 Å². The summed E-state index contributed by atoms with van der Waals surface area (Å²) in [6, 6.07) is 8.72. The molecule has 2 saturated heterocycles. The number of nitrogens with two attached hydrogens (primary N) is 1. The molecule has 2 aliphatic rings. The molecule has 0 saturated carbocycles. The lowest BCUT2D eigenvalue weighted by molar-refractivity contribution is 0.121. The number of nitrogen functional groups attached to an aromatic ring is 1. The molecule has 1 aromatic rings. The average molecular weight is 274 g/mol. The molecule has 3 N–H and O–H groups in total. The van der Waals surface area contributed by atoms with E-state index in [0.29, 0.717) is 23.8 Å². The number of rotatable bonds is 2. The van der Waals surface area contributed by atoms with Gasteiger partial charge in [-0.25, -0.2) is 4.79 Å². The number of amides is 2. The van der Waals surface area contributed by atoms with E-state index in [-0.39, 0.29) is 6.03 Å². The summed E-state index contributed by atoms with van der Waals surface area (Å²) in [5.41, 5.74) is 7.15. The summed E-state index contributed by atoms with van der Waals surface area (Å²) in [6.45, 7) is 6.28. The number of anilines is 2. The van der Waals surface area contributed by atoms with Crippen molar-refractivity contribution in [3.8, 4) is 0 Å². The number of carbonyl (C=O) groups excluding carboxylic acids is 1. The summed E-state index contributed by atoms with van der Waals surface area (Å²) < 4.78 is 0. The van der Waals surface area contributed by atoms with Crippen molar-refractivity contribution < 1.29 is 4.79 Å². The van der Waals surface area contributed by atoms with E-state index >= 15 is 0 Å². The van der Waals surface area contributed by atoms with Gasteiger partial charge in [0.25, 0.3) is 0 Å². The molecule has 108 valence electrons. The van der Waals surface area contributed by atoms with Gasteiger partial charge in [-0.1, -0.05) is 0 Å². The molecular weight excluding hydrogens is 252 g/mol. The van der Waals surface area contributed by atoms with Crippen LogP contribution in [0.5, 0.6) is 0 Å². The van der Waals surface area contributed by atoms with Crippen molar-refractivity contribution in [2.75, 3.05) is 24.1 Å². The summed E-state index contributed by atoms with van der Waals surface area (Å²) in [6.07, 6.45) is 1.10. The molecule has 20 heavy (non-hydrogen) atoms. The number of hydrogen-bond donors (Lipinski definition) is 2. The number of carbonyl (C=O) groups is 1. The zero-order chi connectivity index (χ0) is 14.3. The van der Waals surface area contributed by atoms with Crippen LogP contribution in [0, 0.1) is 0 Å². The molecule has 2 heterocycles. The summed E-state index contributed by atoms with van der Waals surface area (Å²) in [5.74, 6) is 0. The fraction of sp³-hybridized carbons (Fsp3) is 0.533. The molecule has 5 heteroatoms. The molecule has 2 aliphatic heterocycles. The third kappa shape index (κ3) is 2.33. The number of piperazine rings is 1. The third-order valence-electron chi connectivity index (χ3n) is 4.37. The minimum absolute atomic E-state index is 0.00526. The number of fused-ring (bicyclic) bond motifs is 2. The van der Waals surface area contributed by atoms with Crippen molar-refractivity contribution in [2.45, 2.75) is 38.4 Å². The van der Waals surface area contributed by atoms with E-state index in [2.05, 4.69) is 24.1 Å². The molecule has 5 nitrogen and oxygen atoms in total. The summed E-state index contributed by atoms with van der Waals surface area (Å²) in [7, 11) is 0. The van der Waals surface area contributed by atoms with Gasteiger partial charge in [0, 0.05) is 42.6 Å². The molecule has 1 aromatic carbocycles. The Bertz CT molecular complexity index is 499. The van der Waals surface area contributed by atoms with E-state index in [1.54, 1.807) is 12.1 Å². The zero-order valence-corrected chi connectivity index (χ0v) is 12.0. The van der Waals surface area contributed by atoms with Gasteiger partial charge in [-0.2, -0.15) is 0 Å². The topological polar surface area (TPSA) is 61.6 Å². The first-order valence-corrected chi connectivity index (χ1v) is 7.23. The molecule has 2 amide bonds. The van der Waals surface area contributed by atoms with Gasteiger partial charge in [-0.3, -0.25) is 4.90 Å². The first-order valence-electron chi connectivity index (χ1n) is 7.23. The zero-order valence-electron chi connectivity index (χ0n) is 12.0. The Morgan fingerprint density at radius 3 is 2.50 bits per heavy atom. The van der Waals surface area contributed by atoms with Crippen LogP contribution >= 0.6 is 0 Å². The van der Waals surface area contributed by atoms with E-state index in [4.69, 9.17) is 5.73 Å². The predicted octanol–water partition coefficient (Wildman–Crippen LogP) is 1.97. The van der Waals surface area contributed by atoms with Crippen molar-refractivity contribution in [2.24, 2.45) is 0 Å². The molecule has 0 unspecified atom stereocenters. The minimum atomic E-state index is 0.00526. The van der Waals surface area contributed by atoms with Crippen LogP contribution in [0.1, 0.15) is 20.3 Å². The number of nitrogens with zero attached hydrogens (tertiary/aromatic N) is 2. The molecule has 0 aromatic heterocycles. The highest BCUT2D eigenvalue weighted by Gasteiger charge is 2.45. The quantitative estimate of drug-likeness (QED) is 0.811. The maximum Gasteiger partial charge on any atom is 0.322 e. The third-order valence-corrected chi connectivity index (χ3v) is 4.37. The Morgan fingerprint density at radius 1 is 1.25 bits per heavy atom. The van der Waals surface area contributed by atoms with Crippen LogP contribution in [-0.2, 0) is 0 Å². The molecule has 2 atom stereocenters. The summed E-state index contributed by atoms with van der Waals surface area (Å²) in [5, 5.41) is 2.95. The molecule has 2 fully saturated rings. The highest BCUT2D eigenvalue weighted by Crippen LogP contribution is 2.32. The lowest BCUT2D eigenvalue weighted by Gasteiger charge is -2.36. The number of benzene rings is 1. The molecular formula is C15H22N4O. The molecule has 0 radical (unpaired) electrons. The van der Waals surface area contributed by atoms with Gasteiger partial charge in [-0.05, 0) is 44.5 Å². The van der Waals surface area contributed by atoms with Gasteiger partial charge in [0.2, 0.25) is 0 Å². The van der Waals surface area contributed by atoms with E-state index in [9.17, 15) is 4.79 Å². The van der Waals surface area contributed by atoms with Crippen molar-refractivity contribution in [1.82, 2.24) is 9.80 Å². The molecule has 3 rings (SSSR count). The second-order valence-corrected chi connectivity index (χ2v) is 6.04. The van der Waals surface area contributed by atoms with Crippen LogP contribution in [0.3, 0.4) is 0 Å². The SMILES string of the molecule is CC(C)N1C[C@H]2C[C@@H]1CN2C(=O)Nc1ccc(N)cc1. The maximum absolute atomic E-state index is 12.3. The largest absolute Gasteiger partial charge is 0.399 e. The van der Waals surface area contributed by atoms with E-state index < -0.39 is 0 Å². The highest BCUT2D eigenvalue weighted by atomic mass is 16.2. The normalized spacial score (nSPS) is 25.4. The number of hydrogen-bond acceptors (Lipinski definition) is 3.